The molecule has 3 nitrogen and oxygen atoms in total. The molecule has 0 amide bonds. The first-order valence-corrected chi connectivity index (χ1v) is 6.45. The van der Waals surface area contributed by atoms with Crippen LogP contribution in [0, 0.1) is 19.3 Å². The maximum Gasteiger partial charge on any atom is 0.313 e. The number of carbonyl (C=O) groups is 1. The van der Waals surface area contributed by atoms with Gasteiger partial charge in [-0.05, 0) is 43.9 Å². The lowest BCUT2D eigenvalue weighted by molar-refractivity contribution is -0.146. The number of rotatable bonds is 4. The molecule has 1 aliphatic rings. The van der Waals surface area contributed by atoms with Gasteiger partial charge in [-0.15, -0.1) is 0 Å². The van der Waals surface area contributed by atoms with Crippen molar-refractivity contribution in [3.8, 4) is 0 Å². The summed E-state index contributed by atoms with van der Waals surface area (Å²) in [6, 6.07) is 4.00. The van der Waals surface area contributed by atoms with E-state index < -0.39 is 0 Å². The Bertz CT molecular complexity index is 458. The summed E-state index contributed by atoms with van der Waals surface area (Å²) in [7, 11) is 1.44. The molecule has 0 unspecified atom stereocenters. The zero-order valence-electron chi connectivity index (χ0n) is 11.0. The topological polar surface area (TPSA) is 38.3 Å². The molecule has 1 saturated carbocycles. The zero-order chi connectivity index (χ0) is 13.3. The van der Waals surface area contributed by atoms with E-state index in [4.69, 9.17) is 16.3 Å². The van der Waals surface area contributed by atoms with Crippen molar-refractivity contribution in [1.82, 2.24) is 0 Å². The van der Waals surface area contributed by atoms with Gasteiger partial charge in [0, 0.05) is 6.54 Å². The molecule has 2 rings (SSSR count). The Balaban J connectivity index is 2.10. The van der Waals surface area contributed by atoms with Crippen LogP contribution in [0.1, 0.15) is 24.0 Å². The van der Waals surface area contributed by atoms with Crippen LogP contribution < -0.4 is 5.32 Å². The van der Waals surface area contributed by atoms with Crippen molar-refractivity contribution in [3.63, 3.8) is 0 Å². The van der Waals surface area contributed by atoms with Crippen LogP contribution in [0.5, 0.6) is 0 Å². The average Bonchev–Trinajstić information content (AvgIpc) is 3.07. The Kier molecular flexibility index (Phi) is 3.53. The summed E-state index contributed by atoms with van der Waals surface area (Å²) >= 11 is 6.22. The number of hydrogen-bond donors (Lipinski definition) is 1. The molecule has 0 spiro atoms. The molecule has 0 atom stereocenters. The third kappa shape index (κ3) is 2.46. The molecule has 1 aromatic rings. The second-order valence-electron chi connectivity index (χ2n) is 5.06. The number of esters is 1. The molecule has 1 aromatic carbocycles. The lowest BCUT2D eigenvalue weighted by Gasteiger charge is -2.17. The molecule has 0 aliphatic heterocycles. The fraction of sp³-hybridized carbons (Fsp3) is 0.500. The Morgan fingerprint density at radius 3 is 2.61 bits per heavy atom. The number of methoxy groups -OCH3 is 1. The quantitative estimate of drug-likeness (QED) is 0.851. The van der Waals surface area contributed by atoms with Crippen molar-refractivity contribution in [1.29, 1.82) is 0 Å². The molecule has 0 saturated heterocycles. The third-order valence-corrected chi connectivity index (χ3v) is 3.81. The first-order chi connectivity index (χ1) is 8.48. The van der Waals surface area contributed by atoms with E-state index in [1.807, 2.05) is 19.9 Å². The summed E-state index contributed by atoms with van der Waals surface area (Å²) in [6.07, 6.45) is 1.77. The predicted octanol–water partition coefficient (Wildman–Crippen LogP) is 3.32. The molecule has 1 fully saturated rings. The molecular formula is C14H18ClNO2. The van der Waals surface area contributed by atoms with Crippen molar-refractivity contribution >= 4 is 23.3 Å². The first kappa shape index (κ1) is 13.2. The minimum absolute atomic E-state index is 0.129. The van der Waals surface area contributed by atoms with Gasteiger partial charge in [0.05, 0.1) is 23.2 Å². The Labute approximate surface area is 112 Å². The van der Waals surface area contributed by atoms with Crippen LogP contribution in [0.4, 0.5) is 5.69 Å². The van der Waals surface area contributed by atoms with Gasteiger partial charge in [-0.1, -0.05) is 17.7 Å². The fourth-order valence-corrected chi connectivity index (χ4v) is 2.61. The van der Waals surface area contributed by atoms with Crippen LogP contribution in [0.15, 0.2) is 12.1 Å². The van der Waals surface area contributed by atoms with Gasteiger partial charge < -0.3 is 10.1 Å². The van der Waals surface area contributed by atoms with Gasteiger partial charge in [0.15, 0.2) is 0 Å². The molecule has 0 aromatic heterocycles. The molecule has 18 heavy (non-hydrogen) atoms. The average molecular weight is 268 g/mol. The van der Waals surface area contributed by atoms with Crippen LogP contribution in [0.2, 0.25) is 5.02 Å². The summed E-state index contributed by atoms with van der Waals surface area (Å²) in [4.78, 5) is 11.6. The van der Waals surface area contributed by atoms with E-state index in [0.717, 1.165) is 29.7 Å². The molecule has 0 radical (unpaired) electrons. The lowest BCUT2D eigenvalue weighted by atomic mass is 10.1. The van der Waals surface area contributed by atoms with E-state index in [1.54, 1.807) is 0 Å². The lowest BCUT2D eigenvalue weighted by Crippen LogP contribution is -2.26. The largest absolute Gasteiger partial charge is 0.469 e. The van der Waals surface area contributed by atoms with Gasteiger partial charge in [-0.3, -0.25) is 4.79 Å². The number of nitrogens with one attached hydrogen (secondary N) is 1. The van der Waals surface area contributed by atoms with Crippen molar-refractivity contribution in [2.45, 2.75) is 26.7 Å². The van der Waals surface area contributed by atoms with Gasteiger partial charge in [-0.2, -0.15) is 0 Å². The summed E-state index contributed by atoms with van der Waals surface area (Å²) in [5, 5.41) is 4.00. The van der Waals surface area contributed by atoms with Crippen LogP contribution in [0.3, 0.4) is 0 Å². The van der Waals surface area contributed by atoms with E-state index in [1.165, 1.54) is 7.11 Å². The highest BCUT2D eigenvalue weighted by atomic mass is 35.5. The van der Waals surface area contributed by atoms with Crippen molar-refractivity contribution in [2.24, 2.45) is 5.41 Å². The van der Waals surface area contributed by atoms with Crippen LogP contribution in [-0.2, 0) is 9.53 Å². The molecule has 1 aliphatic carbocycles. The maximum atomic E-state index is 11.6. The Hall–Kier alpha value is -1.22. The van der Waals surface area contributed by atoms with Crippen molar-refractivity contribution in [2.75, 3.05) is 19.0 Å². The smallest absolute Gasteiger partial charge is 0.313 e. The zero-order valence-corrected chi connectivity index (χ0v) is 11.7. The third-order valence-electron chi connectivity index (χ3n) is 3.51. The maximum absolute atomic E-state index is 11.6. The van der Waals surface area contributed by atoms with E-state index in [0.29, 0.717) is 11.6 Å². The normalized spacial score (nSPS) is 16.2. The number of ether oxygens (including phenoxy) is 1. The number of aryl methyl sites for hydroxylation is 2. The number of halogens is 1. The predicted molar refractivity (Wildman–Crippen MR) is 73.1 cm³/mol. The molecule has 4 heteroatoms. The summed E-state index contributed by atoms with van der Waals surface area (Å²) < 4.78 is 4.83. The molecular weight excluding hydrogens is 250 g/mol. The van der Waals surface area contributed by atoms with Crippen molar-refractivity contribution < 1.29 is 9.53 Å². The SMILES string of the molecule is COC(=O)C1(CNc2c(C)cc(C)cc2Cl)CC1. The van der Waals surface area contributed by atoms with Gasteiger partial charge >= 0.3 is 5.97 Å². The Morgan fingerprint density at radius 1 is 1.44 bits per heavy atom. The minimum Gasteiger partial charge on any atom is -0.469 e. The monoisotopic (exact) mass is 267 g/mol. The number of carbonyl (C=O) groups excluding carboxylic acids is 1. The fourth-order valence-electron chi connectivity index (χ4n) is 2.22. The summed E-state index contributed by atoms with van der Waals surface area (Å²) in [5.74, 6) is -0.129. The highest BCUT2D eigenvalue weighted by Gasteiger charge is 2.50. The highest BCUT2D eigenvalue weighted by molar-refractivity contribution is 6.33. The van der Waals surface area contributed by atoms with E-state index in [2.05, 4.69) is 11.4 Å². The van der Waals surface area contributed by atoms with Gasteiger partial charge in [0.25, 0.3) is 0 Å². The van der Waals surface area contributed by atoms with Crippen molar-refractivity contribution in [3.05, 3.63) is 28.3 Å². The standard InChI is InChI=1S/C14H18ClNO2/c1-9-6-10(2)12(11(15)7-9)16-8-14(4-5-14)13(17)18-3/h6-7,16H,4-5,8H2,1-3H3. The van der Waals surface area contributed by atoms with Crippen LogP contribution in [0.25, 0.3) is 0 Å². The number of benzene rings is 1. The first-order valence-electron chi connectivity index (χ1n) is 6.07. The molecule has 98 valence electrons. The second-order valence-corrected chi connectivity index (χ2v) is 5.47. The highest BCUT2D eigenvalue weighted by Crippen LogP contribution is 2.47. The van der Waals surface area contributed by atoms with Crippen LogP contribution in [-0.4, -0.2) is 19.6 Å². The molecule has 1 N–H and O–H groups in total. The number of anilines is 1. The minimum atomic E-state index is -0.338. The number of hydrogen-bond acceptors (Lipinski definition) is 3. The summed E-state index contributed by atoms with van der Waals surface area (Å²) in [6.45, 7) is 4.61. The Morgan fingerprint density at radius 2 is 2.11 bits per heavy atom. The van der Waals surface area contributed by atoms with Gasteiger partial charge in [0.1, 0.15) is 0 Å². The van der Waals surface area contributed by atoms with E-state index in [-0.39, 0.29) is 11.4 Å². The molecule has 0 bridgehead atoms. The van der Waals surface area contributed by atoms with Crippen LogP contribution >= 0.6 is 11.6 Å². The van der Waals surface area contributed by atoms with E-state index in [9.17, 15) is 4.79 Å². The van der Waals surface area contributed by atoms with E-state index >= 15 is 0 Å². The molecule has 0 heterocycles. The summed E-state index contributed by atoms with van der Waals surface area (Å²) in [5.41, 5.74) is 2.81. The van der Waals surface area contributed by atoms with Gasteiger partial charge in [-0.25, -0.2) is 0 Å². The second kappa shape index (κ2) is 4.81. The van der Waals surface area contributed by atoms with Gasteiger partial charge in [0.2, 0.25) is 0 Å².